The Kier molecular flexibility index (Phi) is 2.95. The molecule has 4 nitrogen and oxygen atoms in total. The highest BCUT2D eigenvalue weighted by Crippen LogP contribution is 2.47. The minimum atomic E-state index is -0.115. The van der Waals surface area contributed by atoms with Crippen LogP contribution in [-0.2, 0) is 23.0 Å². The van der Waals surface area contributed by atoms with Crippen LogP contribution in [0.15, 0.2) is 35.9 Å². The van der Waals surface area contributed by atoms with Gasteiger partial charge in [-0.3, -0.25) is 0 Å². The third-order valence-electron chi connectivity index (χ3n) is 6.31. The molecule has 0 amide bonds. The summed E-state index contributed by atoms with van der Waals surface area (Å²) in [6.07, 6.45) is 3.96. The second kappa shape index (κ2) is 4.96. The van der Waals surface area contributed by atoms with Gasteiger partial charge >= 0.3 is 5.97 Å². The molecule has 24 heavy (non-hydrogen) atoms. The zero-order valence-electron chi connectivity index (χ0n) is 14.1. The maximum Gasteiger partial charge on any atom is 0.333 e. The van der Waals surface area contributed by atoms with Gasteiger partial charge in [0.05, 0.1) is 6.61 Å². The molecule has 3 aliphatic heterocycles. The number of hydrogen-bond donors (Lipinski definition) is 1. The van der Waals surface area contributed by atoms with Gasteiger partial charge in [0.1, 0.15) is 0 Å². The van der Waals surface area contributed by atoms with Crippen LogP contribution in [-0.4, -0.2) is 23.2 Å². The molecule has 124 valence electrons. The molecule has 4 atom stereocenters. The number of esters is 1. The minimum absolute atomic E-state index is 0.115. The number of para-hydroxylation sites is 1. The summed E-state index contributed by atoms with van der Waals surface area (Å²) in [4.78, 5) is 12.1. The second-order valence-corrected chi connectivity index (χ2v) is 7.32. The van der Waals surface area contributed by atoms with E-state index < -0.39 is 0 Å². The molecule has 4 heteroatoms. The quantitative estimate of drug-likeness (QED) is 0.599. The lowest BCUT2D eigenvalue weighted by atomic mass is 9.68. The molecule has 0 aliphatic carbocycles. The van der Waals surface area contributed by atoms with Crippen LogP contribution in [0.1, 0.15) is 30.6 Å². The van der Waals surface area contributed by atoms with Crippen molar-refractivity contribution in [1.82, 2.24) is 9.88 Å². The van der Waals surface area contributed by atoms with E-state index in [1.165, 1.54) is 22.2 Å². The first kappa shape index (κ1) is 14.3. The van der Waals surface area contributed by atoms with Crippen LogP contribution in [0.2, 0.25) is 0 Å². The van der Waals surface area contributed by atoms with E-state index in [0.29, 0.717) is 30.5 Å². The van der Waals surface area contributed by atoms with Crippen molar-refractivity contribution in [3.63, 3.8) is 0 Å². The molecule has 0 spiro atoms. The van der Waals surface area contributed by atoms with E-state index in [0.717, 1.165) is 18.4 Å². The van der Waals surface area contributed by atoms with Crippen molar-refractivity contribution in [2.75, 3.05) is 6.61 Å². The summed E-state index contributed by atoms with van der Waals surface area (Å²) in [5, 5.41) is 5.21. The van der Waals surface area contributed by atoms with E-state index in [1.807, 2.05) is 13.0 Å². The number of cyclic esters (lactones) is 1. The Morgan fingerprint density at radius 2 is 2.17 bits per heavy atom. The van der Waals surface area contributed by atoms with Gasteiger partial charge < -0.3 is 14.6 Å². The van der Waals surface area contributed by atoms with Crippen LogP contribution in [0.4, 0.5) is 0 Å². The standard InChI is InChI=1S/C20H22N2O2/c1-3-11-13-8-17-19-14(12-6-4-5-7-18(12)22(19)2)9-16(21-17)15(13)10-24-20(11)23/h3-7,13,15-17,21H,8-10H2,1-2H3/t13-,15+,16-,17+/m0/s1. The summed E-state index contributed by atoms with van der Waals surface area (Å²) in [7, 11) is 2.17. The van der Waals surface area contributed by atoms with Crippen molar-refractivity contribution in [2.45, 2.75) is 31.8 Å². The van der Waals surface area contributed by atoms with Crippen LogP contribution in [0.3, 0.4) is 0 Å². The molecule has 2 bridgehead atoms. The van der Waals surface area contributed by atoms with Gasteiger partial charge in [-0.05, 0) is 31.4 Å². The largest absolute Gasteiger partial charge is 0.462 e. The molecule has 2 aromatic rings. The van der Waals surface area contributed by atoms with Crippen LogP contribution < -0.4 is 5.32 Å². The maximum absolute atomic E-state index is 12.1. The molecule has 5 rings (SSSR count). The van der Waals surface area contributed by atoms with Crippen molar-refractivity contribution in [2.24, 2.45) is 18.9 Å². The molecule has 0 radical (unpaired) electrons. The molecule has 4 heterocycles. The Bertz CT molecular complexity index is 879. The van der Waals surface area contributed by atoms with E-state index in [1.54, 1.807) is 0 Å². The van der Waals surface area contributed by atoms with Gasteiger partial charge in [0.25, 0.3) is 0 Å². The number of rotatable bonds is 0. The number of ether oxygens (including phenoxy) is 1. The van der Waals surface area contributed by atoms with Crippen LogP contribution in [0, 0.1) is 11.8 Å². The Morgan fingerprint density at radius 3 is 3.00 bits per heavy atom. The summed E-state index contributed by atoms with van der Waals surface area (Å²) < 4.78 is 7.81. The average Bonchev–Trinajstić information content (AvgIpc) is 2.88. The number of aryl methyl sites for hydroxylation is 1. The fraction of sp³-hybridized carbons (Fsp3) is 0.450. The zero-order valence-corrected chi connectivity index (χ0v) is 14.1. The van der Waals surface area contributed by atoms with Gasteiger partial charge in [0, 0.05) is 53.1 Å². The third-order valence-corrected chi connectivity index (χ3v) is 6.31. The Morgan fingerprint density at radius 1 is 1.33 bits per heavy atom. The smallest absolute Gasteiger partial charge is 0.333 e. The van der Waals surface area contributed by atoms with Gasteiger partial charge in [-0.1, -0.05) is 24.3 Å². The number of carbonyl (C=O) groups is 1. The third kappa shape index (κ3) is 1.75. The summed E-state index contributed by atoms with van der Waals surface area (Å²) in [5.74, 6) is 0.590. The fourth-order valence-electron chi connectivity index (χ4n) is 5.26. The average molecular weight is 322 g/mol. The number of nitrogens with zero attached hydrogens (tertiary/aromatic N) is 1. The monoisotopic (exact) mass is 322 g/mol. The molecular weight excluding hydrogens is 300 g/mol. The number of fused-ring (bicyclic) bond motifs is 8. The number of carbonyl (C=O) groups excluding carboxylic acids is 1. The van der Waals surface area contributed by atoms with E-state index >= 15 is 0 Å². The number of aromatic nitrogens is 1. The van der Waals surface area contributed by atoms with Crippen molar-refractivity contribution in [3.05, 3.63) is 47.2 Å². The highest BCUT2D eigenvalue weighted by atomic mass is 16.5. The number of allylic oxidation sites excluding steroid dienone is 1. The SMILES string of the molecule is CC=C1C(=O)OC[C@H]2[C@@H]3Cc4c(n(C)c5ccccc45)[C@@H](C[C@@H]12)N3. The summed E-state index contributed by atoms with van der Waals surface area (Å²) in [6, 6.07) is 9.38. The molecular formula is C20H22N2O2. The number of hydrogen-bond acceptors (Lipinski definition) is 3. The van der Waals surface area contributed by atoms with Gasteiger partial charge in [-0.2, -0.15) is 0 Å². The summed E-state index contributed by atoms with van der Waals surface area (Å²) in [5.41, 5.74) is 5.07. The fourth-order valence-corrected chi connectivity index (χ4v) is 5.26. The van der Waals surface area contributed by atoms with Crippen molar-refractivity contribution in [1.29, 1.82) is 0 Å². The lowest BCUT2D eigenvalue weighted by Crippen LogP contribution is -2.56. The molecule has 2 fully saturated rings. The molecule has 2 saturated heterocycles. The van der Waals surface area contributed by atoms with Gasteiger partial charge in [-0.15, -0.1) is 0 Å². The van der Waals surface area contributed by atoms with Crippen molar-refractivity contribution >= 4 is 16.9 Å². The van der Waals surface area contributed by atoms with Gasteiger partial charge in [0.2, 0.25) is 0 Å². The van der Waals surface area contributed by atoms with E-state index in [4.69, 9.17) is 4.74 Å². The normalized spacial score (nSPS) is 33.2. The van der Waals surface area contributed by atoms with Crippen molar-refractivity contribution < 1.29 is 9.53 Å². The van der Waals surface area contributed by atoms with Crippen LogP contribution in [0.5, 0.6) is 0 Å². The van der Waals surface area contributed by atoms with Gasteiger partial charge in [-0.25, -0.2) is 4.79 Å². The van der Waals surface area contributed by atoms with Crippen LogP contribution in [0.25, 0.3) is 10.9 Å². The first-order valence-corrected chi connectivity index (χ1v) is 8.84. The Hall–Kier alpha value is -2.07. The topological polar surface area (TPSA) is 43.3 Å². The first-order chi connectivity index (χ1) is 11.7. The first-order valence-electron chi connectivity index (χ1n) is 8.84. The van der Waals surface area contributed by atoms with Crippen molar-refractivity contribution in [3.8, 4) is 0 Å². The lowest BCUT2D eigenvalue weighted by molar-refractivity contribution is -0.147. The number of piperidine rings is 1. The summed E-state index contributed by atoms with van der Waals surface area (Å²) >= 11 is 0. The molecule has 0 saturated carbocycles. The van der Waals surface area contributed by atoms with E-state index in [-0.39, 0.29) is 5.97 Å². The van der Waals surface area contributed by atoms with E-state index in [9.17, 15) is 4.79 Å². The van der Waals surface area contributed by atoms with E-state index in [2.05, 4.69) is 41.2 Å². The number of benzene rings is 1. The predicted molar refractivity (Wildman–Crippen MR) is 92.6 cm³/mol. The maximum atomic E-state index is 12.1. The zero-order chi connectivity index (χ0) is 16.4. The minimum Gasteiger partial charge on any atom is -0.462 e. The molecule has 0 unspecified atom stereocenters. The predicted octanol–water partition coefficient (Wildman–Crippen LogP) is 2.87. The Balaban J connectivity index is 1.65. The number of nitrogens with one attached hydrogen (secondary N) is 1. The lowest BCUT2D eigenvalue weighted by Gasteiger charge is -2.48. The van der Waals surface area contributed by atoms with Gasteiger partial charge in [0.15, 0.2) is 0 Å². The van der Waals surface area contributed by atoms with Crippen LogP contribution >= 0.6 is 0 Å². The Labute approximate surface area is 141 Å². The molecule has 3 aliphatic rings. The summed E-state index contributed by atoms with van der Waals surface area (Å²) in [6.45, 7) is 2.50. The molecule has 1 N–H and O–H groups in total. The highest BCUT2D eigenvalue weighted by molar-refractivity contribution is 5.90. The molecule has 1 aromatic heterocycles. The highest BCUT2D eigenvalue weighted by Gasteiger charge is 2.48. The second-order valence-electron chi connectivity index (χ2n) is 7.32. The molecule has 1 aromatic carbocycles.